The highest BCUT2D eigenvalue weighted by atomic mass is 35.5. The van der Waals surface area contributed by atoms with Gasteiger partial charge in [0.25, 0.3) is 5.91 Å². The molecule has 3 heterocycles. The van der Waals surface area contributed by atoms with Crippen LogP contribution in [0.15, 0.2) is 48.7 Å². The number of fused-ring (bicyclic) bond motifs is 1. The average molecular weight is 401 g/mol. The van der Waals surface area contributed by atoms with E-state index in [4.69, 9.17) is 11.6 Å². The number of thiophene rings is 1. The first-order chi connectivity index (χ1) is 13.0. The third-order valence-corrected chi connectivity index (χ3v) is 5.42. The van der Waals surface area contributed by atoms with Gasteiger partial charge < -0.3 is 5.32 Å². The Hall–Kier alpha value is -2.77. The van der Waals surface area contributed by atoms with Crippen LogP contribution in [0.2, 0.25) is 5.02 Å². The van der Waals surface area contributed by atoms with Crippen molar-refractivity contribution in [2.45, 2.75) is 13.5 Å². The molecule has 1 amide bonds. The molecule has 0 aliphatic heterocycles. The third-order valence-electron chi connectivity index (χ3n) is 4.05. The monoisotopic (exact) mass is 400 g/mol. The molecule has 136 valence electrons. The van der Waals surface area contributed by atoms with Crippen molar-refractivity contribution in [1.29, 1.82) is 0 Å². The van der Waals surface area contributed by atoms with Gasteiger partial charge in [0.15, 0.2) is 0 Å². The minimum Gasteiger partial charge on any atom is -0.306 e. The summed E-state index contributed by atoms with van der Waals surface area (Å²) < 4.78 is 14.9. The van der Waals surface area contributed by atoms with Crippen molar-refractivity contribution in [3.63, 3.8) is 0 Å². The number of anilines is 1. The van der Waals surface area contributed by atoms with Crippen molar-refractivity contribution in [2.24, 2.45) is 0 Å². The molecular formula is C19H14ClFN4OS. The molecule has 0 saturated heterocycles. The summed E-state index contributed by atoms with van der Waals surface area (Å²) in [7, 11) is 0. The minimum absolute atomic E-state index is 0.237. The predicted octanol–water partition coefficient (Wildman–Crippen LogP) is 4.89. The Morgan fingerprint density at radius 1 is 1.26 bits per heavy atom. The van der Waals surface area contributed by atoms with Gasteiger partial charge in [-0.3, -0.25) is 9.48 Å². The lowest BCUT2D eigenvalue weighted by Crippen LogP contribution is -2.11. The number of carbonyl (C=O) groups is 1. The van der Waals surface area contributed by atoms with Gasteiger partial charge in [0.05, 0.1) is 22.1 Å². The van der Waals surface area contributed by atoms with E-state index in [1.54, 1.807) is 24.3 Å². The second-order valence-electron chi connectivity index (χ2n) is 6.01. The molecule has 0 aliphatic carbocycles. The lowest BCUT2D eigenvalue weighted by Gasteiger charge is -2.03. The Balaban J connectivity index is 1.60. The molecule has 4 aromatic rings. The molecule has 3 aromatic heterocycles. The molecule has 0 bridgehead atoms. The number of amides is 1. The van der Waals surface area contributed by atoms with Gasteiger partial charge in [-0.15, -0.1) is 11.3 Å². The van der Waals surface area contributed by atoms with Crippen LogP contribution in [0.4, 0.5) is 10.2 Å². The van der Waals surface area contributed by atoms with Gasteiger partial charge >= 0.3 is 0 Å². The number of aromatic nitrogens is 3. The lowest BCUT2D eigenvalue weighted by atomic mass is 10.2. The molecule has 0 radical (unpaired) electrons. The fourth-order valence-electron chi connectivity index (χ4n) is 2.72. The number of pyridine rings is 1. The summed E-state index contributed by atoms with van der Waals surface area (Å²) in [5, 5.41) is 8.73. The van der Waals surface area contributed by atoms with Crippen molar-refractivity contribution in [2.75, 3.05) is 5.32 Å². The second kappa shape index (κ2) is 7.09. The second-order valence-corrected chi connectivity index (χ2v) is 7.48. The van der Waals surface area contributed by atoms with E-state index in [9.17, 15) is 9.18 Å². The number of hydrogen-bond donors (Lipinski definition) is 1. The molecule has 0 unspecified atom stereocenters. The van der Waals surface area contributed by atoms with Gasteiger partial charge in [0.2, 0.25) is 0 Å². The molecule has 0 fully saturated rings. The molecule has 4 rings (SSSR count). The standard InChI is InChI=1S/C19H14ClFN4OS/c1-11-15-8-16(18(26)23-17-7-4-13(20)9-22-17)27-19(15)25(24-11)10-12-2-5-14(21)6-3-12/h2-9H,10H2,1H3,(H,22,23,26). The van der Waals surface area contributed by atoms with Crippen LogP contribution in [0, 0.1) is 12.7 Å². The fourth-order valence-corrected chi connectivity index (χ4v) is 3.89. The van der Waals surface area contributed by atoms with Crippen molar-refractivity contribution in [1.82, 2.24) is 14.8 Å². The number of nitrogens with zero attached hydrogens (tertiary/aromatic N) is 3. The Labute approximate surface area is 163 Å². The SMILES string of the molecule is Cc1nn(Cc2ccc(F)cc2)c2sc(C(=O)Nc3ccc(Cl)cn3)cc12. The smallest absolute Gasteiger partial charge is 0.266 e. The number of halogens is 2. The van der Waals surface area contributed by atoms with Crippen LogP contribution in [0.3, 0.4) is 0 Å². The first-order valence-electron chi connectivity index (χ1n) is 8.14. The van der Waals surface area contributed by atoms with Crippen molar-refractivity contribution >= 4 is 44.9 Å². The fraction of sp³-hybridized carbons (Fsp3) is 0.105. The maximum Gasteiger partial charge on any atom is 0.266 e. The van der Waals surface area contributed by atoms with Gasteiger partial charge in [0.1, 0.15) is 16.5 Å². The molecule has 1 aromatic carbocycles. The summed E-state index contributed by atoms with van der Waals surface area (Å²) in [6.45, 7) is 2.41. The highest BCUT2D eigenvalue weighted by Gasteiger charge is 2.17. The van der Waals surface area contributed by atoms with Gasteiger partial charge in [-0.05, 0) is 42.8 Å². The molecule has 0 saturated carbocycles. The van der Waals surface area contributed by atoms with E-state index in [-0.39, 0.29) is 11.7 Å². The van der Waals surface area contributed by atoms with Crippen LogP contribution in [0.25, 0.3) is 10.2 Å². The number of carbonyl (C=O) groups excluding carboxylic acids is 1. The Kier molecular flexibility index (Phi) is 4.63. The zero-order valence-electron chi connectivity index (χ0n) is 14.2. The molecule has 0 atom stereocenters. The molecule has 0 spiro atoms. The summed E-state index contributed by atoms with van der Waals surface area (Å²) in [6, 6.07) is 11.4. The normalized spacial score (nSPS) is 11.1. The topological polar surface area (TPSA) is 59.8 Å². The zero-order valence-corrected chi connectivity index (χ0v) is 15.8. The Morgan fingerprint density at radius 3 is 2.74 bits per heavy atom. The number of nitrogens with one attached hydrogen (secondary N) is 1. The molecule has 27 heavy (non-hydrogen) atoms. The van der Waals surface area contributed by atoms with E-state index >= 15 is 0 Å². The van der Waals surface area contributed by atoms with Crippen LogP contribution < -0.4 is 5.32 Å². The lowest BCUT2D eigenvalue weighted by molar-refractivity contribution is 0.103. The van der Waals surface area contributed by atoms with E-state index < -0.39 is 0 Å². The highest BCUT2D eigenvalue weighted by molar-refractivity contribution is 7.20. The molecule has 5 nitrogen and oxygen atoms in total. The maximum atomic E-state index is 13.1. The van der Waals surface area contributed by atoms with Crippen molar-refractivity contribution in [3.8, 4) is 0 Å². The molecule has 8 heteroatoms. The molecule has 1 N–H and O–H groups in total. The van der Waals surface area contributed by atoms with Crippen molar-refractivity contribution < 1.29 is 9.18 Å². The summed E-state index contributed by atoms with van der Waals surface area (Å²) in [6.07, 6.45) is 1.48. The van der Waals surface area contributed by atoms with Gasteiger partial charge in [-0.25, -0.2) is 9.37 Å². The van der Waals surface area contributed by atoms with Gasteiger partial charge in [-0.1, -0.05) is 23.7 Å². The highest BCUT2D eigenvalue weighted by Crippen LogP contribution is 2.29. The number of benzene rings is 1. The number of aryl methyl sites for hydroxylation is 1. The predicted molar refractivity (Wildman–Crippen MR) is 105 cm³/mol. The molecular weight excluding hydrogens is 387 g/mol. The van der Waals surface area contributed by atoms with E-state index in [2.05, 4.69) is 15.4 Å². The summed E-state index contributed by atoms with van der Waals surface area (Å²) >= 11 is 7.17. The Morgan fingerprint density at radius 2 is 2.04 bits per heavy atom. The number of hydrogen-bond acceptors (Lipinski definition) is 4. The van der Waals surface area contributed by atoms with E-state index in [0.29, 0.717) is 22.3 Å². The maximum absolute atomic E-state index is 13.1. The van der Waals surface area contributed by atoms with E-state index in [1.165, 1.54) is 29.7 Å². The summed E-state index contributed by atoms with van der Waals surface area (Å²) in [4.78, 5) is 18.1. The summed E-state index contributed by atoms with van der Waals surface area (Å²) in [5.41, 5.74) is 1.78. The first-order valence-corrected chi connectivity index (χ1v) is 9.33. The minimum atomic E-state index is -0.272. The zero-order chi connectivity index (χ0) is 19.0. The average Bonchev–Trinajstić information content (AvgIpc) is 3.21. The van der Waals surface area contributed by atoms with E-state index in [1.807, 2.05) is 17.7 Å². The number of rotatable bonds is 4. The largest absolute Gasteiger partial charge is 0.306 e. The van der Waals surface area contributed by atoms with Crippen LogP contribution in [-0.4, -0.2) is 20.7 Å². The Bertz CT molecular complexity index is 1120. The van der Waals surface area contributed by atoms with E-state index in [0.717, 1.165) is 21.5 Å². The van der Waals surface area contributed by atoms with Gasteiger partial charge in [0, 0.05) is 11.6 Å². The van der Waals surface area contributed by atoms with Gasteiger partial charge in [-0.2, -0.15) is 5.10 Å². The molecule has 0 aliphatic rings. The van der Waals surface area contributed by atoms with Crippen LogP contribution in [0.1, 0.15) is 20.9 Å². The quantitative estimate of drug-likeness (QED) is 0.530. The third kappa shape index (κ3) is 3.70. The van der Waals surface area contributed by atoms with Crippen LogP contribution >= 0.6 is 22.9 Å². The summed E-state index contributed by atoms with van der Waals surface area (Å²) in [5.74, 6) is -0.0725. The van der Waals surface area contributed by atoms with Crippen LogP contribution in [-0.2, 0) is 6.54 Å². The van der Waals surface area contributed by atoms with Crippen molar-refractivity contribution in [3.05, 3.63) is 75.6 Å². The first kappa shape index (κ1) is 17.6. The van der Waals surface area contributed by atoms with Crippen LogP contribution in [0.5, 0.6) is 0 Å².